The van der Waals surface area contributed by atoms with Crippen LogP contribution in [0.4, 0.5) is 5.69 Å². The Bertz CT molecular complexity index is 549. The van der Waals surface area contributed by atoms with Gasteiger partial charge in [-0.05, 0) is 49.4 Å². The molecule has 0 aromatic carbocycles. The Morgan fingerprint density at radius 1 is 1.38 bits per heavy atom. The number of rotatable bonds is 8. The van der Waals surface area contributed by atoms with Crippen molar-refractivity contribution in [3.8, 4) is 0 Å². The second-order valence-electron chi connectivity index (χ2n) is 5.62. The van der Waals surface area contributed by atoms with Gasteiger partial charge in [0.05, 0.1) is 12.2 Å². The Balaban J connectivity index is 1.71. The first-order valence-corrected chi connectivity index (χ1v) is 8.69. The van der Waals surface area contributed by atoms with Gasteiger partial charge in [-0.15, -0.1) is 11.3 Å². The van der Waals surface area contributed by atoms with Crippen molar-refractivity contribution in [2.45, 2.75) is 45.3 Å². The molecular weight excluding hydrogens is 278 g/mol. The molecule has 21 heavy (non-hydrogen) atoms. The quantitative estimate of drug-likeness (QED) is 0.751. The van der Waals surface area contributed by atoms with Gasteiger partial charge in [0.2, 0.25) is 0 Å². The minimum absolute atomic E-state index is 0.714. The van der Waals surface area contributed by atoms with E-state index in [1.165, 1.54) is 23.4 Å². The van der Waals surface area contributed by atoms with Gasteiger partial charge in [0.15, 0.2) is 0 Å². The van der Waals surface area contributed by atoms with Crippen LogP contribution in [-0.2, 0) is 13.1 Å². The molecule has 0 bridgehead atoms. The molecule has 112 valence electrons. The highest BCUT2D eigenvalue weighted by atomic mass is 32.1. The first kappa shape index (κ1) is 14.5. The lowest BCUT2D eigenvalue weighted by Gasteiger charge is -2.24. The molecule has 0 spiro atoms. The standard InChI is InChI=1S/C17H23N3S/c1-2-8-18-12-14-11-16(7-9-19-14)20(15-5-6-15)13-17-4-3-10-21-17/h3-4,7,9-11,15,18H,2,5-6,8,12-13H2,1H3. The third-order valence-electron chi connectivity index (χ3n) is 3.76. The van der Waals surface area contributed by atoms with Crippen molar-refractivity contribution in [2.24, 2.45) is 0 Å². The molecule has 2 heterocycles. The molecule has 1 aliphatic carbocycles. The van der Waals surface area contributed by atoms with Crippen LogP contribution in [0.15, 0.2) is 35.8 Å². The topological polar surface area (TPSA) is 28.2 Å². The molecule has 0 unspecified atom stereocenters. The number of anilines is 1. The van der Waals surface area contributed by atoms with E-state index in [0.29, 0.717) is 6.04 Å². The molecular formula is C17H23N3S. The van der Waals surface area contributed by atoms with Crippen LogP contribution >= 0.6 is 11.3 Å². The molecule has 0 aliphatic heterocycles. The molecule has 1 aliphatic rings. The van der Waals surface area contributed by atoms with Crippen LogP contribution in [0.1, 0.15) is 36.8 Å². The van der Waals surface area contributed by atoms with Gasteiger partial charge in [-0.25, -0.2) is 0 Å². The Kier molecular flexibility index (Phi) is 4.88. The predicted molar refractivity (Wildman–Crippen MR) is 89.8 cm³/mol. The van der Waals surface area contributed by atoms with Crippen LogP contribution in [0.3, 0.4) is 0 Å². The third-order valence-corrected chi connectivity index (χ3v) is 4.62. The summed E-state index contributed by atoms with van der Waals surface area (Å²) in [7, 11) is 0. The summed E-state index contributed by atoms with van der Waals surface area (Å²) in [5, 5.41) is 5.59. The van der Waals surface area contributed by atoms with E-state index in [4.69, 9.17) is 0 Å². The van der Waals surface area contributed by atoms with Gasteiger partial charge in [-0.2, -0.15) is 0 Å². The van der Waals surface area contributed by atoms with E-state index >= 15 is 0 Å². The van der Waals surface area contributed by atoms with Crippen LogP contribution in [0.2, 0.25) is 0 Å². The zero-order chi connectivity index (χ0) is 14.5. The fourth-order valence-electron chi connectivity index (χ4n) is 2.52. The lowest BCUT2D eigenvalue weighted by molar-refractivity contribution is 0.663. The summed E-state index contributed by atoms with van der Waals surface area (Å²) in [6.45, 7) is 5.12. The molecule has 0 saturated heterocycles. The highest BCUT2D eigenvalue weighted by molar-refractivity contribution is 7.09. The van der Waals surface area contributed by atoms with Crippen molar-refractivity contribution >= 4 is 17.0 Å². The van der Waals surface area contributed by atoms with E-state index in [2.05, 4.69) is 51.8 Å². The van der Waals surface area contributed by atoms with E-state index in [1.54, 1.807) is 0 Å². The maximum Gasteiger partial charge on any atom is 0.0562 e. The molecule has 1 N–H and O–H groups in total. The average molecular weight is 301 g/mol. The molecule has 2 aromatic heterocycles. The van der Waals surface area contributed by atoms with Crippen LogP contribution in [0.5, 0.6) is 0 Å². The van der Waals surface area contributed by atoms with Crippen LogP contribution in [-0.4, -0.2) is 17.6 Å². The number of nitrogens with one attached hydrogen (secondary N) is 1. The average Bonchev–Trinajstić information content (AvgIpc) is 3.22. The summed E-state index contributed by atoms with van der Waals surface area (Å²) in [6, 6.07) is 9.47. The zero-order valence-corrected chi connectivity index (χ0v) is 13.4. The summed E-state index contributed by atoms with van der Waals surface area (Å²) in [5.74, 6) is 0. The van der Waals surface area contributed by atoms with Crippen LogP contribution in [0, 0.1) is 0 Å². The molecule has 1 saturated carbocycles. The number of aromatic nitrogens is 1. The largest absolute Gasteiger partial charge is 0.363 e. The van der Waals surface area contributed by atoms with Crippen molar-refractivity contribution < 1.29 is 0 Å². The van der Waals surface area contributed by atoms with Gasteiger partial charge in [-0.1, -0.05) is 13.0 Å². The maximum atomic E-state index is 4.48. The number of hydrogen-bond donors (Lipinski definition) is 1. The Morgan fingerprint density at radius 2 is 2.29 bits per heavy atom. The van der Waals surface area contributed by atoms with Crippen molar-refractivity contribution in [3.05, 3.63) is 46.4 Å². The molecule has 1 fully saturated rings. The molecule has 4 heteroatoms. The number of nitrogens with zero attached hydrogens (tertiary/aromatic N) is 2. The second kappa shape index (κ2) is 7.05. The number of pyridine rings is 1. The lowest BCUT2D eigenvalue weighted by atomic mass is 10.2. The van der Waals surface area contributed by atoms with Gasteiger partial charge in [0.1, 0.15) is 0 Å². The Labute approximate surface area is 131 Å². The van der Waals surface area contributed by atoms with Gasteiger partial charge >= 0.3 is 0 Å². The van der Waals surface area contributed by atoms with E-state index in [-0.39, 0.29) is 0 Å². The third kappa shape index (κ3) is 4.05. The highest BCUT2D eigenvalue weighted by Crippen LogP contribution is 2.33. The summed E-state index contributed by atoms with van der Waals surface area (Å²) in [6.07, 6.45) is 5.74. The zero-order valence-electron chi connectivity index (χ0n) is 12.6. The number of hydrogen-bond acceptors (Lipinski definition) is 4. The SMILES string of the molecule is CCCNCc1cc(N(Cc2cccs2)C2CC2)ccn1. The fourth-order valence-corrected chi connectivity index (χ4v) is 3.22. The molecule has 0 amide bonds. The first-order chi connectivity index (χ1) is 10.4. The van der Waals surface area contributed by atoms with Crippen molar-refractivity contribution in [2.75, 3.05) is 11.4 Å². The minimum Gasteiger partial charge on any atom is -0.363 e. The Morgan fingerprint density at radius 3 is 3.00 bits per heavy atom. The van der Waals surface area contributed by atoms with E-state index in [9.17, 15) is 0 Å². The summed E-state index contributed by atoms with van der Waals surface area (Å²) in [5.41, 5.74) is 2.45. The smallest absolute Gasteiger partial charge is 0.0562 e. The fraction of sp³-hybridized carbons (Fsp3) is 0.471. The van der Waals surface area contributed by atoms with Crippen molar-refractivity contribution in [3.63, 3.8) is 0 Å². The van der Waals surface area contributed by atoms with Gasteiger partial charge in [0, 0.05) is 29.3 Å². The Hall–Kier alpha value is -1.39. The van der Waals surface area contributed by atoms with Gasteiger partial charge < -0.3 is 10.2 Å². The monoisotopic (exact) mass is 301 g/mol. The maximum absolute atomic E-state index is 4.48. The first-order valence-electron chi connectivity index (χ1n) is 7.81. The molecule has 3 rings (SSSR count). The van der Waals surface area contributed by atoms with Gasteiger partial charge in [0.25, 0.3) is 0 Å². The van der Waals surface area contributed by atoms with E-state index < -0.39 is 0 Å². The lowest BCUT2D eigenvalue weighted by Crippen LogP contribution is -2.25. The normalized spacial score (nSPS) is 14.3. The molecule has 2 aromatic rings. The summed E-state index contributed by atoms with van der Waals surface area (Å²) >= 11 is 1.84. The van der Waals surface area contributed by atoms with Crippen molar-refractivity contribution in [1.29, 1.82) is 0 Å². The minimum atomic E-state index is 0.714. The predicted octanol–water partition coefficient (Wildman–Crippen LogP) is 3.81. The summed E-state index contributed by atoms with van der Waals surface area (Å²) in [4.78, 5) is 8.46. The second-order valence-corrected chi connectivity index (χ2v) is 6.65. The molecule has 0 radical (unpaired) electrons. The van der Waals surface area contributed by atoms with E-state index in [1.807, 2.05) is 17.5 Å². The molecule has 3 nitrogen and oxygen atoms in total. The van der Waals surface area contributed by atoms with E-state index in [0.717, 1.165) is 31.7 Å². The molecule has 0 atom stereocenters. The van der Waals surface area contributed by atoms with Gasteiger partial charge in [-0.3, -0.25) is 4.98 Å². The summed E-state index contributed by atoms with van der Waals surface area (Å²) < 4.78 is 0. The van der Waals surface area contributed by atoms with Crippen molar-refractivity contribution in [1.82, 2.24) is 10.3 Å². The number of thiophene rings is 1. The van der Waals surface area contributed by atoms with Crippen LogP contribution < -0.4 is 10.2 Å². The highest BCUT2D eigenvalue weighted by Gasteiger charge is 2.29. The van der Waals surface area contributed by atoms with Crippen LogP contribution in [0.25, 0.3) is 0 Å².